The van der Waals surface area contributed by atoms with E-state index in [1.807, 2.05) is 0 Å². The van der Waals surface area contributed by atoms with Crippen LogP contribution in [0.15, 0.2) is 35.4 Å². The predicted octanol–water partition coefficient (Wildman–Crippen LogP) is 4.24. The van der Waals surface area contributed by atoms with Gasteiger partial charge in [-0.2, -0.15) is 13.2 Å². The van der Waals surface area contributed by atoms with Gasteiger partial charge in [0, 0.05) is 10.6 Å². The molecular formula is C20H18F3N3O2S. The van der Waals surface area contributed by atoms with E-state index in [0.717, 1.165) is 37.0 Å². The van der Waals surface area contributed by atoms with E-state index < -0.39 is 17.6 Å². The lowest BCUT2D eigenvalue weighted by Gasteiger charge is -2.17. The van der Waals surface area contributed by atoms with Crippen LogP contribution in [0.1, 0.15) is 29.3 Å². The van der Waals surface area contributed by atoms with Gasteiger partial charge in [-0.1, -0.05) is 13.0 Å². The molecule has 1 amide bonds. The molecule has 0 bridgehead atoms. The molecule has 1 atom stereocenters. The Morgan fingerprint density at radius 2 is 2.17 bits per heavy atom. The number of nitrogens with zero attached hydrogens (tertiary/aromatic N) is 2. The number of benzene rings is 1. The van der Waals surface area contributed by atoms with Gasteiger partial charge in [0.2, 0.25) is 5.91 Å². The third-order valence-corrected chi connectivity index (χ3v) is 6.23. The molecule has 9 heteroatoms. The number of fused-ring (bicyclic) bond motifs is 3. The summed E-state index contributed by atoms with van der Waals surface area (Å²) in [4.78, 5) is 31.4. The normalized spacial score (nSPS) is 16.6. The molecule has 3 aromatic rings. The molecule has 0 aliphatic heterocycles. The molecule has 1 aromatic carbocycles. The smallest absolute Gasteiger partial charge is 0.325 e. The minimum atomic E-state index is -4.50. The minimum absolute atomic E-state index is 0.0220. The van der Waals surface area contributed by atoms with Crippen molar-refractivity contribution in [3.8, 4) is 0 Å². The van der Waals surface area contributed by atoms with Crippen LogP contribution >= 0.6 is 11.3 Å². The topological polar surface area (TPSA) is 64.0 Å². The molecule has 2 heterocycles. The van der Waals surface area contributed by atoms with Crippen LogP contribution in [0.5, 0.6) is 0 Å². The predicted molar refractivity (Wildman–Crippen MR) is 105 cm³/mol. The van der Waals surface area contributed by atoms with Crippen molar-refractivity contribution < 1.29 is 18.0 Å². The van der Waals surface area contributed by atoms with Crippen molar-refractivity contribution in [1.82, 2.24) is 9.55 Å². The van der Waals surface area contributed by atoms with Gasteiger partial charge in [0.1, 0.15) is 11.4 Å². The molecule has 0 radical (unpaired) electrons. The van der Waals surface area contributed by atoms with Crippen LogP contribution in [0.2, 0.25) is 0 Å². The summed E-state index contributed by atoms with van der Waals surface area (Å²) in [5, 5.41) is 2.98. The van der Waals surface area contributed by atoms with Gasteiger partial charge in [-0.05, 0) is 48.9 Å². The Bertz CT molecular complexity index is 1150. The fourth-order valence-electron chi connectivity index (χ4n) is 3.61. The Morgan fingerprint density at radius 3 is 2.93 bits per heavy atom. The van der Waals surface area contributed by atoms with E-state index in [9.17, 15) is 22.8 Å². The number of hydrogen-bond acceptors (Lipinski definition) is 4. The van der Waals surface area contributed by atoms with Crippen molar-refractivity contribution in [2.75, 3.05) is 5.32 Å². The molecule has 29 heavy (non-hydrogen) atoms. The number of nitrogens with one attached hydrogen (secondary N) is 1. The summed E-state index contributed by atoms with van der Waals surface area (Å²) in [5.41, 5.74) is -0.0991. The largest absolute Gasteiger partial charge is 0.416 e. The quantitative estimate of drug-likeness (QED) is 0.688. The maximum absolute atomic E-state index is 12.9. The summed E-state index contributed by atoms with van der Waals surface area (Å²) in [6.07, 6.45) is -0.438. The minimum Gasteiger partial charge on any atom is -0.325 e. The summed E-state index contributed by atoms with van der Waals surface area (Å²) in [5.74, 6) is -0.0266. The Hall–Kier alpha value is -2.68. The summed E-state index contributed by atoms with van der Waals surface area (Å²) in [7, 11) is 0. The number of rotatable bonds is 3. The number of carbonyl (C=O) groups excluding carboxylic acids is 1. The number of aromatic nitrogens is 2. The second-order valence-electron chi connectivity index (χ2n) is 7.34. The highest BCUT2D eigenvalue weighted by Gasteiger charge is 2.30. The van der Waals surface area contributed by atoms with Crippen LogP contribution in [0, 0.1) is 5.92 Å². The molecule has 152 valence electrons. The first-order chi connectivity index (χ1) is 13.7. The maximum Gasteiger partial charge on any atom is 0.416 e. The number of aryl methyl sites for hydroxylation is 1. The SMILES string of the molecule is C[C@H]1CCc2c(sc3ncn(CC(=O)Nc4cccc(C(F)(F)F)c4)c(=O)c23)C1. The Labute approximate surface area is 168 Å². The van der Waals surface area contributed by atoms with Gasteiger partial charge >= 0.3 is 6.18 Å². The van der Waals surface area contributed by atoms with Gasteiger partial charge in [-0.25, -0.2) is 4.98 Å². The Kier molecular flexibility index (Phi) is 4.94. The standard InChI is InChI=1S/C20H18F3N3O2S/c1-11-5-6-14-15(7-11)29-18-17(14)19(28)26(10-24-18)9-16(27)25-13-4-2-3-12(8-13)20(21,22)23/h2-4,8,10-11H,5-7,9H2,1H3,(H,25,27)/t11-/m0/s1. The number of carbonyl (C=O) groups is 1. The maximum atomic E-state index is 12.9. The van der Waals surface area contributed by atoms with Crippen LogP contribution < -0.4 is 10.9 Å². The number of halogens is 3. The molecule has 1 aliphatic carbocycles. The van der Waals surface area contributed by atoms with Crippen LogP contribution in [-0.4, -0.2) is 15.5 Å². The molecule has 0 fully saturated rings. The zero-order valence-corrected chi connectivity index (χ0v) is 16.4. The Balaban J connectivity index is 1.58. The number of amides is 1. The summed E-state index contributed by atoms with van der Waals surface area (Å²) < 4.78 is 39.7. The lowest BCUT2D eigenvalue weighted by molar-refractivity contribution is -0.137. The van der Waals surface area contributed by atoms with E-state index in [1.165, 1.54) is 39.2 Å². The summed E-state index contributed by atoms with van der Waals surface area (Å²) >= 11 is 1.52. The van der Waals surface area contributed by atoms with Crippen molar-refractivity contribution in [3.63, 3.8) is 0 Å². The zero-order chi connectivity index (χ0) is 20.8. The highest BCUT2D eigenvalue weighted by atomic mass is 32.1. The van der Waals surface area contributed by atoms with Crippen molar-refractivity contribution >= 4 is 33.1 Å². The van der Waals surface area contributed by atoms with E-state index >= 15 is 0 Å². The third-order valence-electron chi connectivity index (χ3n) is 5.07. The molecule has 0 spiro atoms. The van der Waals surface area contributed by atoms with Crippen LogP contribution in [0.3, 0.4) is 0 Å². The van der Waals surface area contributed by atoms with Crippen LogP contribution in [-0.2, 0) is 30.4 Å². The molecule has 2 aromatic heterocycles. The number of hydrogen-bond donors (Lipinski definition) is 1. The van der Waals surface area contributed by atoms with Gasteiger partial charge in [-0.15, -0.1) is 11.3 Å². The zero-order valence-electron chi connectivity index (χ0n) is 15.5. The lowest BCUT2D eigenvalue weighted by atomic mass is 9.89. The van der Waals surface area contributed by atoms with Gasteiger partial charge in [-0.3, -0.25) is 14.2 Å². The monoisotopic (exact) mass is 421 g/mol. The van der Waals surface area contributed by atoms with E-state index in [1.54, 1.807) is 0 Å². The molecule has 0 unspecified atom stereocenters. The molecular weight excluding hydrogens is 403 g/mol. The molecule has 1 aliphatic rings. The van der Waals surface area contributed by atoms with Crippen molar-refractivity contribution in [2.24, 2.45) is 5.92 Å². The van der Waals surface area contributed by atoms with E-state index in [4.69, 9.17) is 0 Å². The van der Waals surface area contributed by atoms with Gasteiger partial charge in [0.05, 0.1) is 17.3 Å². The summed E-state index contributed by atoms with van der Waals surface area (Å²) in [6.45, 7) is 1.86. The first-order valence-electron chi connectivity index (χ1n) is 9.19. The number of alkyl halides is 3. The van der Waals surface area contributed by atoms with Crippen molar-refractivity contribution in [2.45, 2.75) is 38.9 Å². The van der Waals surface area contributed by atoms with E-state index in [-0.39, 0.29) is 17.8 Å². The molecule has 1 N–H and O–H groups in total. The highest BCUT2D eigenvalue weighted by molar-refractivity contribution is 7.18. The fourth-order valence-corrected chi connectivity index (χ4v) is 4.95. The second kappa shape index (κ2) is 7.29. The molecule has 0 saturated heterocycles. The second-order valence-corrected chi connectivity index (χ2v) is 8.42. The average molecular weight is 421 g/mol. The first-order valence-corrected chi connectivity index (χ1v) is 10.0. The van der Waals surface area contributed by atoms with Crippen molar-refractivity contribution in [3.05, 3.63) is 57.0 Å². The van der Waals surface area contributed by atoms with Crippen LogP contribution in [0.25, 0.3) is 10.2 Å². The number of anilines is 1. The molecule has 5 nitrogen and oxygen atoms in total. The molecule has 0 saturated carbocycles. The van der Waals surface area contributed by atoms with E-state index in [2.05, 4.69) is 17.2 Å². The average Bonchev–Trinajstić information content (AvgIpc) is 3.01. The van der Waals surface area contributed by atoms with E-state index in [0.29, 0.717) is 16.1 Å². The lowest BCUT2D eigenvalue weighted by Crippen LogP contribution is -2.28. The summed E-state index contributed by atoms with van der Waals surface area (Å²) in [6, 6.07) is 4.38. The van der Waals surface area contributed by atoms with Crippen LogP contribution in [0.4, 0.5) is 18.9 Å². The first kappa shape index (κ1) is 19.6. The van der Waals surface area contributed by atoms with Gasteiger partial charge < -0.3 is 5.32 Å². The third kappa shape index (κ3) is 3.91. The highest BCUT2D eigenvalue weighted by Crippen LogP contribution is 2.35. The number of thiophene rings is 1. The Morgan fingerprint density at radius 1 is 1.38 bits per heavy atom. The van der Waals surface area contributed by atoms with Crippen molar-refractivity contribution in [1.29, 1.82) is 0 Å². The fraction of sp³-hybridized carbons (Fsp3) is 0.350. The molecule has 4 rings (SSSR count). The van der Waals surface area contributed by atoms with Gasteiger partial charge in [0.25, 0.3) is 5.56 Å². The van der Waals surface area contributed by atoms with Gasteiger partial charge in [0.15, 0.2) is 0 Å².